The Morgan fingerprint density at radius 3 is 2.53 bits per heavy atom. The minimum Gasteiger partial charge on any atom is -0.457 e. The number of nitrogens with one attached hydrogen (secondary N) is 1. The minimum atomic E-state index is -0.424. The molecule has 0 fully saturated rings. The van der Waals surface area contributed by atoms with Gasteiger partial charge in [0.1, 0.15) is 22.9 Å². The van der Waals surface area contributed by atoms with Crippen LogP contribution in [-0.2, 0) is 4.79 Å². The summed E-state index contributed by atoms with van der Waals surface area (Å²) < 4.78 is 25.4. The van der Waals surface area contributed by atoms with Gasteiger partial charge in [-0.05, 0) is 66.7 Å². The van der Waals surface area contributed by atoms with Gasteiger partial charge in [-0.2, -0.15) is 0 Å². The van der Waals surface area contributed by atoms with Crippen LogP contribution in [0.25, 0.3) is 40.0 Å². The average Bonchev–Trinajstić information content (AvgIpc) is 3.44. The van der Waals surface area contributed by atoms with E-state index in [9.17, 15) is 9.18 Å². The third-order valence-corrected chi connectivity index (χ3v) is 5.37. The van der Waals surface area contributed by atoms with Crippen LogP contribution in [0.5, 0.6) is 0 Å². The SMILES string of the molecule is O=C(/C=C/c1ccc(-c2cc(Cl)cc(Cl)c2)o1)Nc1ccc2oc(-c3ccccc3F)nc2c1. The number of carbonyl (C=O) groups is 1. The lowest BCUT2D eigenvalue weighted by Gasteiger charge is -2.01. The fraction of sp³-hybridized carbons (Fsp3) is 0. The normalized spacial score (nSPS) is 11.4. The predicted octanol–water partition coefficient (Wildman–Crippen LogP) is 7.85. The third-order valence-electron chi connectivity index (χ3n) is 4.93. The summed E-state index contributed by atoms with van der Waals surface area (Å²) in [5, 5.41) is 3.76. The molecule has 5 rings (SSSR count). The fourth-order valence-corrected chi connectivity index (χ4v) is 3.92. The van der Waals surface area contributed by atoms with Gasteiger partial charge in [0.2, 0.25) is 11.8 Å². The minimum absolute atomic E-state index is 0.172. The predicted molar refractivity (Wildman–Crippen MR) is 131 cm³/mol. The van der Waals surface area contributed by atoms with Crippen LogP contribution in [0.4, 0.5) is 10.1 Å². The van der Waals surface area contributed by atoms with Crippen molar-refractivity contribution in [1.29, 1.82) is 0 Å². The maximum absolute atomic E-state index is 14.0. The average molecular weight is 493 g/mol. The summed E-state index contributed by atoms with van der Waals surface area (Å²) in [6, 6.07) is 19.9. The number of rotatable bonds is 5. The van der Waals surface area contributed by atoms with Crippen molar-refractivity contribution in [2.45, 2.75) is 0 Å². The number of benzene rings is 3. The Morgan fingerprint density at radius 2 is 1.74 bits per heavy atom. The summed E-state index contributed by atoms with van der Waals surface area (Å²) >= 11 is 12.1. The molecule has 3 aromatic carbocycles. The smallest absolute Gasteiger partial charge is 0.248 e. The molecule has 168 valence electrons. The van der Waals surface area contributed by atoms with Crippen LogP contribution >= 0.6 is 23.2 Å². The van der Waals surface area contributed by atoms with Crippen LogP contribution in [0.15, 0.2) is 87.7 Å². The van der Waals surface area contributed by atoms with Gasteiger partial charge < -0.3 is 14.2 Å². The standard InChI is InChI=1S/C26H15Cl2FN2O3/c27-16-11-15(12-17(28)13-16)23-9-6-19(33-23)7-10-25(32)30-18-5-8-24-22(14-18)31-26(34-24)20-3-1-2-4-21(20)29/h1-14H,(H,30,32)/b10-7+. The first-order valence-corrected chi connectivity index (χ1v) is 10.9. The van der Waals surface area contributed by atoms with Gasteiger partial charge in [-0.3, -0.25) is 4.79 Å². The molecule has 0 unspecified atom stereocenters. The van der Waals surface area contributed by atoms with Crippen molar-refractivity contribution in [2.75, 3.05) is 5.32 Å². The number of nitrogens with zero attached hydrogens (tertiary/aromatic N) is 1. The molecule has 0 saturated heterocycles. The summed E-state index contributed by atoms with van der Waals surface area (Å²) in [5.41, 5.74) is 2.50. The number of furan rings is 1. The van der Waals surface area contributed by atoms with E-state index >= 15 is 0 Å². The number of amides is 1. The van der Waals surface area contributed by atoms with Crippen molar-refractivity contribution in [3.63, 3.8) is 0 Å². The van der Waals surface area contributed by atoms with E-state index in [0.717, 1.165) is 5.56 Å². The highest BCUT2D eigenvalue weighted by molar-refractivity contribution is 6.35. The van der Waals surface area contributed by atoms with Crippen molar-refractivity contribution >= 4 is 52.0 Å². The number of carbonyl (C=O) groups excluding carboxylic acids is 1. The molecule has 0 atom stereocenters. The van der Waals surface area contributed by atoms with Crippen molar-refractivity contribution in [1.82, 2.24) is 4.98 Å². The first kappa shape index (κ1) is 21.9. The van der Waals surface area contributed by atoms with E-state index < -0.39 is 5.82 Å². The van der Waals surface area contributed by atoms with Crippen molar-refractivity contribution in [3.8, 4) is 22.8 Å². The number of oxazole rings is 1. The van der Waals surface area contributed by atoms with Gasteiger partial charge in [-0.1, -0.05) is 35.3 Å². The van der Waals surface area contributed by atoms with Crippen molar-refractivity contribution in [3.05, 3.63) is 100 Å². The highest BCUT2D eigenvalue weighted by Crippen LogP contribution is 2.30. The second kappa shape index (κ2) is 9.17. The van der Waals surface area contributed by atoms with Crippen molar-refractivity contribution < 1.29 is 18.0 Å². The molecule has 0 aliphatic heterocycles. The molecular weight excluding hydrogens is 478 g/mol. The molecule has 34 heavy (non-hydrogen) atoms. The lowest BCUT2D eigenvalue weighted by atomic mass is 10.2. The first-order chi connectivity index (χ1) is 16.4. The van der Waals surface area contributed by atoms with Crippen LogP contribution in [0.3, 0.4) is 0 Å². The number of anilines is 1. The summed E-state index contributed by atoms with van der Waals surface area (Å²) in [7, 11) is 0. The Hall–Kier alpha value is -3.87. The molecule has 0 aliphatic carbocycles. The van der Waals surface area contributed by atoms with Gasteiger partial charge in [-0.15, -0.1) is 0 Å². The molecule has 0 saturated carbocycles. The summed E-state index contributed by atoms with van der Waals surface area (Å²) in [6.07, 6.45) is 2.90. The molecule has 0 spiro atoms. The molecule has 1 amide bonds. The van der Waals surface area contributed by atoms with Gasteiger partial charge in [0.05, 0.1) is 5.56 Å². The Bertz CT molecular complexity index is 1530. The molecule has 5 aromatic rings. The lowest BCUT2D eigenvalue weighted by molar-refractivity contribution is -0.111. The molecule has 2 heterocycles. The van der Waals surface area contributed by atoms with Crippen LogP contribution in [-0.4, -0.2) is 10.9 Å². The van der Waals surface area contributed by atoms with E-state index in [0.29, 0.717) is 38.4 Å². The Balaban J connectivity index is 1.29. The molecule has 0 radical (unpaired) electrons. The van der Waals surface area contributed by atoms with Gasteiger partial charge in [-0.25, -0.2) is 9.37 Å². The van der Waals surface area contributed by atoms with Crippen LogP contribution < -0.4 is 5.32 Å². The van der Waals surface area contributed by atoms with Crippen LogP contribution in [0, 0.1) is 5.82 Å². The fourth-order valence-electron chi connectivity index (χ4n) is 3.39. The van der Waals surface area contributed by atoms with Crippen LogP contribution in [0.2, 0.25) is 10.0 Å². The lowest BCUT2D eigenvalue weighted by Crippen LogP contribution is -2.07. The summed E-state index contributed by atoms with van der Waals surface area (Å²) in [6.45, 7) is 0. The third kappa shape index (κ3) is 4.73. The zero-order chi connectivity index (χ0) is 23.7. The second-order valence-corrected chi connectivity index (χ2v) is 8.24. The summed E-state index contributed by atoms with van der Waals surface area (Å²) in [5.74, 6) is 0.452. The number of hydrogen-bond acceptors (Lipinski definition) is 4. The maximum atomic E-state index is 14.0. The van der Waals surface area contributed by atoms with Gasteiger partial charge in [0.15, 0.2) is 5.58 Å². The van der Waals surface area contributed by atoms with E-state index in [1.54, 1.807) is 72.8 Å². The van der Waals surface area contributed by atoms with Gasteiger partial charge in [0.25, 0.3) is 0 Å². The Kier molecular flexibility index (Phi) is 5.92. The number of aromatic nitrogens is 1. The van der Waals surface area contributed by atoms with E-state index in [2.05, 4.69) is 10.3 Å². The summed E-state index contributed by atoms with van der Waals surface area (Å²) in [4.78, 5) is 16.7. The van der Waals surface area contributed by atoms with E-state index in [1.807, 2.05) is 0 Å². The number of fused-ring (bicyclic) bond motifs is 1. The quantitative estimate of drug-likeness (QED) is 0.253. The highest BCUT2D eigenvalue weighted by atomic mass is 35.5. The van der Waals surface area contributed by atoms with Crippen molar-refractivity contribution in [2.24, 2.45) is 0 Å². The zero-order valence-corrected chi connectivity index (χ0v) is 18.9. The molecule has 8 heteroatoms. The molecule has 0 aliphatic rings. The molecular formula is C26H15Cl2FN2O3. The van der Waals surface area contributed by atoms with Gasteiger partial charge in [0, 0.05) is 27.4 Å². The monoisotopic (exact) mass is 492 g/mol. The highest BCUT2D eigenvalue weighted by Gasteiger charge is 2.13. The largest absolute Gasteiger partial charge is 0.457 e. The second-order valence-electron chi connectivity index (χ2n) is 7.36. The van der Waals surface area contributed by atoms with Crippen LogP contribution in [0.1, 0.15) is 5.76 Å². The number of halogens is 3. The van der Waals surface area contributed by atoms with E-state index in [-0.39, 0.29) is 17.4 Å². The Morgan fingerprint density at radius 1 is 0.941 bits per heavy atom. The zero-order valence-electron chi connectivity index (χ0n) is 17.4. The van der Waals surface area contributed by atoms with E-state index in [1.165, 1.54) is 12.1 Å². The number of hydrogen-bond donors (Lipinski definition) is 1. The van der Waals surface area contributed by atoms with E-state index in [4.69, 9.17) is 32.0 Å². The Labute approximate surface area is 203 Å². The molecule has 1 N–H and O–H groups in total. The first-order valence-electron chi connectivity index (χ1n) is 10.2. The molecule has 2 aromatic heterocycles. The molecule has 5 nitrogen and oxygen atoms in total. The molecule has 0 bridgehead atoms. The maximum Gasteiger partial charge on any atom is 0.248 e. The van der Waals surface area contributed by atoms with Gasteiger partial charge >= 0.3 is 0 Å². The topological polar surface area (TPSA) is 68.3 Å².